The molecule has 114 valence electrons. The van der Waals surface area contributed by atoms with E-state index < -0.39 is 0 Å². The first-order valence-electron chi connectivity index (χ1n) is 6.66. The van der Waals surface area contributed by atoms with Gasteiger partial charge in [-0.15, -0.1) is 24.8 Å². The van der Waals surface area contributed by atoms with Gasteiger partial charge in [0, 0.05) is 37.8 Å². The van der Waals surface area contributed by atoms with Crippen LogP contribution in [0.3, 0.4) is 0 Å². The fourth-order valence-electron chi connectivity index (χ4n) is 2.87. The molecule has 1 aliphatic heterocycles. The maximum Gasteiger partial charge on any atom is 0.142 e. The second-order valence-corrected chi connectivity index (χ2v) is 6.07. The summed E-state index contributed by atoms with van der Waals surface area (Å²) in [6, 6.07) is 5.94. The Morgan fingerprint density at radius 2 is 1.85 bits per heavy atom. The maximum atomic E-state index is 14.3. The number of hydrogen-bond acceptors (Lipinski definition) is 2. The zero-order chi connectivity index (χ0) is 12.5. The van der Waals surface area contributed by atoms with Gasteiger partial charge in [0.05, 0.1) is 4.47 Å². The van der Waals surface area contributed by atoms with Crippen LogP contribution in [0.15, 0.2) is 22.7 Å². The highest BCUT2D eigenvalue weighted by Crippen LogP contribution is 2.45. The lowest BCUT2D eigenvalue weighted by Gasteiger charge is -2.35. The van der Waals surface area contributed by atoms with E-state index in [0.717, 1.165) is 31.7 Å². The molecule has 2 fully saturated rings. The first-order valence-corrected chi connectivity index (χ1v) is 7.45. The molecule has 0 amide bonds. The molecule has 6 heteroatoms. The molecule has 20 heavy (non-hydrogen) atoms. The molecule has 1 saturated heterocycles. The Balaban J connectivity index is 0.000001000. The monoisotopic (exact) mass is 384 g/mol. The number of benzene rings is 1. The minimum Gasteiger partial charge on any atom is -0.314 e. The van der Waals surface area contributed by atoms with E-state index in [1.54, 1.807) is 6.07 Å². The van der Waals surface area contributed by atoms with Crippen molar-refractivity contribution in [2.24, 2.45) is 5.92 Å². The number of piperazine rings is 1. The van der Waals surface area contributed by atoms with Crippen LogP contribution in [-0.4, -0.2) is 31.1 Å². The molecule has 1 aromatic carbocycles. The Morgan fingerprint density at radius 3 is 2.45 bits per heavy atom. The van der Waals surface area contributed by atoms with Crippen molar-refractivity contribution >= 4 is 40.7 Å². The Morgan fingerprint density at radius 1 is 1.20 bits per heavy atom. The lowest BCUT2D eigenvalue weighted by atomic mass is 9.99. The molecule has 2 aliphatic rings. The van der Waals surface area contributed by atoms with Gasteiger partial charge in [-0.2, -0.15) is 0 Å². The average Bonchev–Trinajstić information content (AvgIpc) is 3.21. The highest BCUT2D eigenvalue weighted by atomic mass is 79.9. The molecule has 1 aromatic rings. The summed E-state index contributed by atoms with van der Waals surface area (Å²) in [4.78, 5) is 2.44. The van der Waals surface area contributed by atoms with Gasteiger partial charge in [0.1, 0.15) is 5.82 Å². The third-order valence-corrected chi connectivity index (χ3v) is 4.53. The fourth-order valence-corrected chi connectivity index (χ4v) is 3.25. The third-order valence-electron chi connectivity index (χ3n) is 3.91. The van der Waals surface area contributed by atoms with Crippen molar-refractivity contribution in [1.82, 2.24) is 10.2 Å². The second-order valence-electron chi connectivity index (χ2n) is 5.21. The van der Waals surface area contributed by atoms with Crippen LogP contribution in [0.2, 0.25) is 0 Å². The highest BCUT2D eigenvalue weighted by Gasteiger charge is 2.38. The van der Waals surface area contributed by atoms with Crippen molar-refractivity contribution < 1.29 is 4.39 Å². The number of hydrogen-bond donors (Lipinski definition) is 1. The summed E-state index contributed by atoms with van der Waals surface area (Å²) in [5.74, 6) is 0.569. The van der Waals surface area contributed by atoms with Crippen LogP contribution in [0.1, 0.15) is 24.4 Å². The summed E-state index contributed by atoms with van der Waals surface area (Å²) >= 11 is 3.30. The average molecular weight is 386 g/mol. The van der Waals surface area contributed by atoms with Crippen LogP contribution in [0.5, 0.6) is 0 Å². The molecule has 0 radical (unpaired) electrons. The van der Waals surface area contributed by atoms with E-state index in [1.807, 2.05) is 12.1 Å². The molecule has 0 aromatic heterocycles. The standard InChI is InChI=1S/C14H18BrFN2.2ClH/c15-12-3-1-2-11(13(12)16)14(10-4-5-10)18-8-6-17-7-9-18;;/h1-3,10,14,17H,4-9H2;2*1H/t14-;;/m0../s1. The van der Waals surface area contributed by atoms with Crippen LogP contribution in [0.25, 0.3) is 0 Å². The molecule has 1 N–H and O–H groups in total. The van der Waals surface area contributed by atoms with Crippen LogP contribution < -0.4 is 5.32 Å². The van der Waals surface area contributed by atoms with Crippen molar-refractivity contribution in [1.29, 1.82) is 0 Å². The van der Waals surface area contributed by atoms with Gasteiger partial charge >= 0.3 is 0 Å². The summed E-state index contributed by atoms with van der Waals surface area (Å²) < 4.78 is 14.9. The van der Waals surface area contributed by atoms with Gasteiger partial charge in [-0.25, -0.2) is 4.39 Å². The topological polar surface area (TPSA) is 15.3 Å². The predicted molar refractivity (Wildman–Crippen MR) is 88.5 cm³/mol. The van der Waals surface area contributed by atoms with Crippen LogP contribution in [0, 0.1) is 11.7 Å². The van der Waals surface area contributed by atoms with E-state index in [9.17, 15) is 4.39 Å². The van der Waals surface area contributed by atoms with Gasteiger partial charge in [-0.3, -0.25) is 4.90 Å². The zero-order valence-electron chi connectivity index (χ0n) is 11.1. The van der Waals surface area contributed by atoms with Gasteiger partial charge in [-0.1, -0.05) is 12.1 Å². The lowest BCUT2D eigenvalue weighted by Crippen LogP contribution is -2.45. The Bertz CT molecular complexity index is 437. The van der Waals surface area contributed by atoms with Gasteiger partial charge < -0.3 is 5.32 Å². The molecule has 2 nitrogen and oxygen atoms in total. The molecule has 1 saturated carbocycles. The summed E-state index contributed by atoms with van der Waals surface area (Å²) in [6.45, 7) is 4.07. The Hall–Kier alpha value is 0.130. The summed E-state index contributed by atoms with van der Waals surface area (Å²) in [6.07, 6.45) is 2.47. The summed E-state index contributed by atoms with van der Waals surface area (Å²) in [5, 5.41) is 3.36. The van der Waals surface area contributed by atoms with Crippen molar-refractivity contribution in [2.45, 2.75) is 18.9 Å². The molecular formula is C14H20BrCl2FN2. The molecular weight excluding hydrogens is 366 g/mol. The SMILES string of the molecule is Cl.Cl.Fc1c(Br)cccc1[C@H](C1CC1)N1CCNCC1. The summed E-state index contributed by atoms with van der Waals surface area (Å²) in [5.41, 5.74) is 0.869. The predicted octanol–water partition coefficient (Wildman–Crippen LogP) is 3.79. The Kier molecular flexibility index (Phi) is 7.22. The lowest BCUT2D eigenvalue weighted by molar-refractivity contribution is 0.153. The highest BCUT2D eigenvalue weighted by molar-refractivity contribution is 9.10. The molecule has 1 aliphatic carbocycles. The smallest absolute Gasteiger partial charge is 0.142 e. The summed E-state index contributed by atoms with van der Waals surface area (Å²) in [7, 11) is 0. The van der Waals surface area contributed by atoms with Crippen molar-refractivity contribution in [3.8, 4) is 0 Å². The van der Waals surface area contributed by atoms with Gasteiger partial charge in [-0.05, 0) is 40.8 Å². The van der Waals surface area contributed by atoms with Crippen LogP contribution >= 0.6 is 40.7 Å². The van der Waals surface area contributed by atoms with Crippen molar-refractivity contribution in [3.05, 3.63) is 34.1 Å². The number of nitrogens with one attached hydrogen (secondary N) is 1. The molecule has 0 bridgehead atoms. The normalized spacial score (nSPS) is 20.7. The van der Waals surface area contributed by atoms with E-state index in [2.05, 4.69) is 26.1 Å². The molecule has 1 atom stereocenters. The fraction of sp³-hybridized carbons (Fsp3) is 0.571. The number of rotatable bonds is 3. The second kappa shape index (κ2) is 7.95. The minimum atomic E-state index is -0.0760. The quantitative estimate of drug-likeness (QED) is 0.851. The van der Waals surface area contributed by atoms with Crippen molar-refractivity contribution in [3.63, 3.8) is 0 Å². The first-order chi connectivity index (χ1) is 8.77. The van der Waals surface area contributed by atoms with E-state index >= 15 is 0 Å². The van der Waals surface area contributed by atoms with E-state index in [1.165, 1.54) is 12.8 Å². The largest absolute Gasteiger partial charge is 0.314 e. The zero-order valence-corrected chi connectivity index (χ0v) is 14.4. The van der Waals surface area contributed by atoms with Crippen molar-refractivity contribution in [2.75, 3.05) is 26.2 Å². The first kappa shape index (κ1) is 18.2. The molecule has 0 spiro atoms. The van der Waals surface area contributed by atoms with E-state index in [4.69, 9.17) is 0 Å². The van der Waals surface area contributed by atoms with Gasteiger partial charge in [0.15, 0.2) is 0 Å². The van der Waals surface area contributed by atoms with Gasteiger partial charge in [0.25, 0.3) is 0 Å². The van der Waals surface area contributed by atoms with Gasteiger partial charge in [0.2, 0.25) is 0 Å². The molecule has 3 rings (SSSR count). The third kappa shape index (κ3) is 3.86. The number of halogens is 4. The van der Waals surface area contributed by atoms with Crippen LogP contribution in [0.4, 0.5) is 4.39 Å². The molecule has 1 heterocycles. The van der Waals surface area contributed by atoms with Crippen LogP contribution in [-0.2, 0) is 0 Å². The molecule has 0 unspecified atom stereocenters. The minimum absolute atomic E-state index is 0. The number of nitrogens with zero attached hydrogens (tertiary/aromatic N) is 1. The van der Waals surface area contributed by atoms with E-state index in [0.29, 0.717) is 10.4 Å². The van der Waals surface area contributed by atoms with E-state index in [-0.39, 0.29) is 36.7 Å². The maximum absolute atomic E-state index is 14.3. The Labute approximate surface area is 140 Å².